The number of carbonyl (C=O) groups excluding carboxylic acids is 1. The van der Waals surface area contributed by atoms with E-state index in [1.165, 1.54) is 6.07 Å². The summed E-state index contributed by atoms with van der Waals surface area (Å²) in [7, 11) is 0. The molecule has 1 amide bonds. The molecular formula is C10H13N5O. The molecule has 0 aliphatic heterocycles. The van der Waals surface area contributed by atoms with Gasteiger partial charge in [-0.1, -0.05) is 0 Å². The largest absolute Gasteiger partial charge is 0.382 e. The number of anilines is 1. The molecule has 1 aliphatic rings. The van der Waals surface area contributed by atoms with Crippen LogP contribution in [-0.2, 0) is 0 Å². The Morgan fingerprint density at radius 2 is 2.50 bits per heavy atom. The van der Waals surface area contributed by atoms with E-state index in [0.29, 0.717) is 24.5 Å². The van der Waals surface area contributed by atoms with Gasteiger partial charge >= 0.3 is 0 Å². The zero-order valence-electron chi connectivity index (χ0n) is 8.81. The van der Waals surface area contributed by atoms with Crippen molar-refractivity contribution in [3.63, 3.8) is 0 Å². The molecule has 6 heteroatoms. The molecule has 0 saturated heterocycles. The van der Waals surface area contributed by atoms with Crippen LogP contribution < -0.4 is 5.73 Å². The number of nitriles is 1. The second kappa shape index (κ2) is 4.23. The number of hydrogen-bond donors (Lipinski definition) is 2. The number of aromatic nitrogens is 2. The fraction of sp³-hybridized carbons (Fsp3) is 0.500. The van der Waals surface area contributed by atoms with Crippen molar-refractivity contribution >= 4 is 11.7 Å². The molecule has 1 aliphatic carbocycles. The van der Waals surface area contributed by atoms with Crippen molar-refractivity contribution in [3.8, 4) is 6.07 Å². The predicted octanol–water partition coefficient (Wildman–Crippen LogP) is 0.510. The number of nitrogens with two attached hydrogens (primary N) is 1. The molecule has 0 spiro atoms. The molecule has 0 unspecified atom stereocenters. The first-order valence-corrected chi connectivity index (χ1v) is 5.21. The Morgan fingerprint density at radius 3 is 3.00 bits per heavy atom. The lowest BCUT2D eigenvalue weighted by Crippen LogP contribution is -2.34. The second-order valence-electron chi connectivity index (χ2n) is 3.84. The quantitative estimate of drug-likeness (QED) is 0.770. The minimum absolute atomic E-state index is 0.123. The number of amides is 1. The maximum atomic E-state index is 12.0. The highest BCUT2D eigenvalue weighted by molar-refractivity contribution is 5.93. The number of aromatic amines is 1. The number of nitrogens with one attached hydrogen (secondary N) is 1. The van der Waals surface area contributed by atoms with E-state index in [1.807, 2.05) is 6.07 Å². The highest BCUT2D eigenvalue weighted by atomic mass is 16.2. The molecule has 3 N–H and O–H groups in total. The van der Waals surface area contributed by atoms with Crippen LogP contribution in [-0.4, -0.2) is 33.6 Å². The van der Waals surface area contributed by atoms with Crippen LogP contribution >= 0.6 is 0 Å². The van der Waals surface area contributed by atoms with Crippen LogP contribution in [0.3, 0.4) is 0 Å². The van der Waals surface area contributed by atoms with Gasteiger partial charge in [0.25, 0.3) is 5.91 Å². The number of nitrogens with zero attached hydrogens (tertiary/aromatic N) is 3. The summed E-state index contributed by atoms with van der Waals surface area (Å²) in [6.45, 7) is 0.471. The van der Waals surface area contributed by atoms with E-state index in [9.17, 15) is 4.79 Å². The molecule has 84 valence electrons. The number of H-pyrrole nitrogens is 1. The van der Waals surface area contributed by atoms with Crippen molar-refractivity contribution < 1.29 is 4.79 Å². The van der Waals surface area contributed by atoms with Gasteiger partial charge in [0.05, 0.1) is 12.5 Å². The number of nitrogen functional groups attached to an aromatic ring is 1. The summed E-state index contributed by atoms with van der Waals surface area (Å²) in [5, 5.41) is 14.9. The summed E-state index contributed by atoms with van der Waals surface area (Å²) in [5.74, 6) is 0.182. The van der Waals surface area contributed by atoms with E-state index < -0.39 is 0 Å². The Balaban J connectivity index is 2.08. The lowest BCUT2D eigenvalue weighted by molar-refractivity contribution is 0.0741. The van der Waals surface area contributed by atoms with Crippen LogP contribution in [0.5, 0.6) is 0 Å². The minimum atomic E-state index is -0.123. The predicted molar refractivity (Wildman–Crippen MR) is 57.3 cm³/mol. The van der Waals surface area contributed by atoms with Crippen molar-refractivity contribution in [2.24, 2.45) is 0 Å². The van der Waals surface area contributed by atoms with E-state index >= 15 is 0 Å². The van der Waals surface area contributed by atoms with Crippen molar-refractivity contribution in [2.75, 3.05) is 12.3 Å². The van der Waals surface area contributed by atoms with Gasteiger partial charge in [-0.3, -0.25) is 9.89 Å². The van der Waals surface area contributed by atoms with Crippen molar-refractivity contribution in [1.82, 2.24) is 15.1 Å². The molecule has 6 nitrogen and oxygen atoms in total. The Labute approximate surface area is 93.0 Å². The number of rotatable bonds is 4. The first kappa shape index (κ1) is 10.5. The minimum Gasteiger partial charge on any atom is -0.382 e. The van der Waals surface area contributed by atoms with Gasteiger partial charge in [-0.05, 0) is 12.8 Å². The van der Waals surface area contributed by atoms with Gasteiger partial charge in [-0.2, -0.15) is 10.4 Å². The van der Waals surface area contributed by atoms with Gasteiger partial charge in [0.2, 0.25) is 0 Å². The van der Waals surface area contributed by atoms with Crippen LogP contribution in [0.2, 0.25) is 0 Å². The molecule has 0 radical (unpaired) electrons. The van der Waals surface area contributed by atoms with Gasteiger partial charge in [0, 0.05) is 18.7 Å². The van der Waals surface area contributed by atoms with Crippen LogP contribution in [0.4, 0.5) is 5.82 Å². The summed E-state index contributed by atoms with van der Waals surface area (Å²) in [5.41, 5.74) is 5.83. The molecule has 0 aromatic carbocycles. The van der Waals surface area contributed by atoms with Crippen molar-refractivity contribution in [3.05, 3.63) is 11.8 Å². The second-order valence-corrected chi connectivity index (χ2v) is 3.84. The SMILES string of the molecule is N#CCCN(C(=O)c1cc(N)n[nH]1)C1CC1. The maximum absolute atomic E-state index is 12.0. The Morgan fingerprint density at radius 1 is 1.75 bits per heavy atom. The fourth-order valence-electron chi connectivity index (χ4n) is 1.61. The van der Waals surface area contributed by atoms with Gasteiger partial charge in [0.1, 0.15) is 11.5 Å². The third-order valence-corrected chi connectivity index (χ3v) is 2.54. The Bertz CT molecular complexity index is 429. The first-order valence-electron chi connectivity index (χ1n) is 5.21. The van der Waals surface area contributed by atoms with E-state index in [1.54, 1.807) is 4.90 Å². The number of carbonyl (C=O) groups is 1. The summed E-state index contributed by atoms with van der Waals surface area (Å²) in [4.78, 5) is 13.8. The molecule has 0 atom stereocenters. The fourth-order valence-corrected chi connectivity index (χ4v) is 1.61. The van der Waals surface area contributed by atoms with Crippen molar-refractivity contribution in [1.29, 1.82) is 5.26 Å². The Kier molecular flexibility index (Phi) is 2.77. The van der Waals surface area contributed by atoms with E-state index in [4.69, 9.17) is 11.0 Å². The molecule has 2 rings (SSSR count). The van der Waals surface area contributed by atoms with Gasteiger partial charge in [0.15, 0.2) is 0 Å². The van der Waals surface area contributed by atoms with Gasteiger partial charge in [-0.15, -0.1) is 0 Å². The molecule has 1 aromatic heterocycles. The zero-order chi connectivity index (χ0) is 11.5. The summed E-state index contributed by atoms with van der Waals surface area (Å²) in [6, 6.07) is 3.85. The maximum Gasteiger partial charge on any atom is 0.272 e. The van der Waals surface area contributed by atoms with Gasteiger partial charge < -0.3 is 10.6 Å². The summed E-state index contributed by atoms with van der Waals surface area (Å²) in [6.07, 6.45) is 2.38. The summed E-state index contributed by atoms with van der Waals surface area (Å²) < 4.78 is 0. The molecule has 0 bridgehead atoms. The third-order valence-electron chi connectivity index (χ3n) is 2.54. The highest BCUT2D eigenvalue weighted by Gasteiger charge is 2.33. The van der Waals surface area contributed by atoms with E-state index in [-0.39, 0.29) is 11.9 Å². The summed E-state index contributed by atoms with van der Waals surface area (Å²) >= 11 is 0. The standard InChI is InChI=1S/C10H13N5O/c11-4-1-5-15(7-2-3-7)10(16)8-6-9(12)14-13-8/h6-7H,1-3,5H2,(H3,12,13,14). The smallest absolute Gasteiger partial charge is 0.272 e. The molecule has 1 saturated carbocycles. The van der Waals surface area contributed by atoms with Crippen LogP contribution in [0, 0.1) is 11.3 Å². The monoisotopic (exact) mass is 219 g/mol. The molecule has 16 heavy (non-hydrogen) atoms. The third kappa shape index (κ3) is 2.14. The lowest BCUT2D eigenvalue weighted by atomic mass is 10.3. The Hall–Kier alpha value is -2.03. The van der Waals surface area contributed by atoms with E-state index in [2.05, 4.69) is 10.2 Å². The molecular weight excluding hydrogens is 206 g/mol. The average molecular weight is 219 g/mol. The van der Waals surface area contributed by atoms with Crippen LogP contribution in [0.1, 0.15) is 29.8 Å². The lowest BCUT2D eigenvalue weighted by Gasteiger charge is -2.19. The average Bonchev–Trinajstić information content (AvgIpc) is 3.01. The normalized spacial score (nSPS) is 14.4. The molecule has 1 heterocycles. The highest BCUT2D eigenvalue weighted by Crippen LogP contribution is 2.28. The topological polar surface area (TPSA) is 98.8 Å². The molecule has 1 aromatic rings. The zero-order valence-corrected chi connectivity index (χ0v) is 8.81. The van der Waals surface area contributed by atoms with Crippen LogP contribution in [0.25, 0.3) is 0 Å². The molecule has 1 fully saturated rings. The van der Waals surface area contributed by atoms with Gasteiger partial charge in [-0.25, -0.2) is 0 Å². The first-order chi connectivity index (χ1) is 7.72. The van der Waals surface area contributed by atoms with E-state index in [0.717, 1.165) is 12.8 Å². The van der Waals surface area contributed by atoms with Crippen molar-refractivity contribution in [2.45, 2.75) is 25.3 Å². The van der Waals surface area contributed by atoms with Crippen LogP contribution in [0.15, 0.2) is 6.07 Å². The number of hydrogen-bond acceptors (Lipinski definition) is 4.